The summed E-state index contributed by atoms with van der Waals surface area (Å²) in [6, 6.07) is 8.18. The highest BCUT2D eigenvalue weighted by Gasteiger charge is 2.08. The summed E-state index contributed by atoms with van der Waals surface area (Å²) in [5.74, 6) is -3.51. The van der Waals surface area contributed by atoms with Crippen LogP contribution < -0.4 is 5.32 Å². The molecule has 2 rings (SSSR count). The van der Waals surface area contributed by atoms with Crippen molar-refractivity contribution in [3.8, 4) is 0 Å². The summed E-state index contributed by atoms with van der Waals surface area (Å²) in [4.78, 5) is 23.2. The average molecular weight is 366 g/mol. The number of halogens is 3. The number of ether oxygens (including phenoxy) is 1. The van der Waals surface area contributed by atoms with E-state index in [-0.39, 0.29) is 5.69 Å². The van der Waals surface area contributed by atoms with Crippen molar-refractivity contribution in [2.75, 3.05) is 11.9 Å². The van der Waals surface area contributed by atoms with Gasteiger partial charge in [0.25, 0.3) is 5.91 Å². The fraction of sp³-hybridized carbons (Fsp3) is 0.111. The van der Waals surface area contributed by atoms with Crippen molar-refractivity contribution in [3.63, 3.8) is 0 Å². The van der Waals surface area contributed by atoms with Crippen molar-refractivity contribution in [3.05, 3.63) is 70.3 Å². The van der Waals surface area contributed by atoms with E-state index in [4.69, 9.17) is 16.3 Å². The van der Waals surface area contributed by atoms with Crippen molar-refractivity contribution in [2.45, 2.75) is 6.92 Å². The molecule has 2 aromatic rings. The normalized spacial score (nSPS) is 10.7. The van der Waals surface area contributed by atoms with Gasteiger partial charge >= 0.3 is 5.97 Å². The van der Waals surface area contributed by atoms with Gasteiger partial charge in [-0.05, 0) is 42.3 Å². The van der Waals surface area contributed by atoms with E-state index in [0.29, 0.717) is 10.6 Å². The molecule has 0 heterocycles. The first-order chi connectivity index (χ1) is 11.8. The van der Waals surface area contributed by atoms with Crippen molar-refractivity contribution >= 4 is 35.2 Å². The minimum Gasteiger partial charge on any atom is -0.452 e. The first kappa shape index (κ1) is 18.6. The van der Waals surface area contributed by atoms with Crippen LogP contribution in [0.5, 0.6) is 0 Å². The highest BCUT2D eigenvalue weighted by atomic mass is 35.5. The van der Waals surface area contributed by atoms with Crippen LogP contribution in [0.25, 0.3) is 6.08 Å². The number of esters is 1. The van der Waals surface area contributed by atoms with Gasteiger partial charge in [0.05, 0.1) is 0 Å². The SMILES string of the molecule is Cc1ccc(/C=C/C(=O)OCC(=O)Nc2ccc(F)c(F)c2)cc1Cl. The number of carbonyl (C=O) groups excluding carboxylic acids is 2. The highest BCUT2D eigenvalue weighted by molar-refractivity contribution is 6.31. The number of hydrogen-bond donors (Lipinski definition) is 1. The molecule has 1 amide bonds. The molecule has 0 radical (unpaired) electrons. The summed E-state index contributed by atoms with van der Waals surface area (Å²) in [6.45, 7) is 1.30. The summed E-state index contributed by atoms with van der Waals surface area (Å²) in [7, 11) is 0. The van der Waals surface area contributed by atoms with Crippen LogP contribution in [0.3, 0.4) is 0 Å². The number of amides is 1. The molecule has 0 fully saturated rings. The Kier molecular flexibility index (Phi) is 6.25. The molecule has 25 heavy (non-hydrogen) atoms. The van der Waals surface area contributed by atoms with Crippen LogP contribution in [-0.4, -0.2) is 18.5 Å². The third-order valence-electron chi connectivity index (χ3n) is 3.16. The molecule has 0 bridgehead atoms. The molecule has 0 aromatic heterocycles. The quantitative estimate of drug-likeness (QED) is 0.640. The maximum atomic E-state index is 13.0. The van der Waals surface area contributed by atoms with Crippen LogP contribution in [0.15, 0.2) is 42.5 Å². The largest absolute Gasteiger partial charge is 0.452 e. The van der Waals surface area contributed by atoms with Gasteiger partial charge in [-0.1, -0.05) is 23.7 Å². The van der Waals surface area contributed by atoms with E-state index in [1.807, 2.05) is 13.0 Å². The fourth-order valence-electron chi connectivity index (χ4n) is 1.83. The predicted molar refractivity (Wildman–Crippen MR) is 91.2 cm³/mol. The highest BCUT2D eigenvalue weighted by Crippen LogP contribution is 2.17. The molecule has 0 atom stereocenters. The molecule has 0 aliphatic rings. The van der Waals surface area contributed by atoms with Crippen molar-refractivity contribution < 1.29 is 23.1 Å². The molecule has 0 aliphatic heterocycles. The third-order valence-corrected chi connectivity index (χ3v) is 3.56. The van der Waals surface area contributed by atoms with Gasteiger partial charge in [-0.2, -0.15) is 0 Å². The Labute approximate surface area is 148 Å². The first-order valence-electron chi connectivity index (χ1n) is 7.21. The second-order valence-electron chi connectivity index (χ2n) is 5.13. The zero-order valence-electron chi connectivity index (χ0n) is 13.2. The van der Waals surface area contributed by atoms with Gasteiger partial charge in [-0.15, -0.1) is 0 Å². The lowest BCUT2D eigenvalue weighted by Crippen LogP contribution is -2.20. The Balaban J connectivity index is 1.84. The zero-order chi connectivity index (χ0) is 18.4. The van der Waals surface area contributed by atoms with Gasteiger partial charge in [0.15, 0.2) is 18.2 Å². The number of rotatable bonds is 5. The van der Waals surface area contributed by atoms with Crippen LogP contribution in [0.1, 0.15) is 11.1 Å². The van der Waals surface area contributed by atoms with E-state index in [0.717, 1.165) is 23.8 Å². The standard InChI is InChI=1S/C18H14ClF2NO3/c1-11-2-3-12(8-14(11)19)4-7-18(24)25-10-17(23)22-13-5-6-15(20)16(21)9-13/h2-9H,10H2,1H3,(H,22,23)/b7-4+. The lowest BCUT2D eigenvalue weighted by molar-refractivity contribution is -0.142. The molecule has 1 N–H and O–H groups in total. The van der Waals surface area contributed by atoms with Gasteiger partial charge < -0.3 is 10.1 Å². The minimum absolute atomic E-state index is 0.0600. The Morgan fingerprint density at radius 3 is 2.60 bits per heavy atom. The van der Waals surface area contributed by atoms with Crippen molar-refractivity contribution in [1.29, 1.82) is 0 Å². The molecule has 0 aliphatic carbocycles. The molecule has 130 valence electrons. The topological polar surface area (TPSA) is 55.4 Å². The summed E-state index contributed by atoms with van der Waals surface area (Å²) in [5, 5.41) is 2.86. The number of benzene rings is 2. The maximum Gasteiger partial charge on any atom is 0.331 e. The Hall–Kier alpha value is -2.73. The molecule has 4 nitrogen and oxygen atoms in total. The molecule has 7 heteroatoms. The lowest BCUT2D eigenvalue weighted by atomic mass is 10.1. The number of anilines is 1. The Morgan fingerprint density at radius 2 is 1.92 bits per heavy atom. The molecule has 0 saturated carbocycles. The number of carbonyl (C=O) groups is 2. The molecule has 0 spiro atoms. The molecule has 2 aromatic carbocycles. The minimum atomic E-state index is -1.09. The van der Waals surface area contributed by atoms with Crippen LogP contribution in [0.2, 0.25) is 5.02 Å². The predicted octanol–water partition coefficient (Wildman–Crippen LogP) is 4.12. The van der Waals surface area contributed by atoms with Crippen LogP contribution >= 0.6 is 11.6 Å². The van der Waals surface area contributed by atoms with E-state index in [1.165, 1.54) is 12.1 Å². The summed E-state index contributed by atoms with van der Waals surface area (Å²) >= 11 is 5.98. The zero-order valence-corrected chi connectivity index (χ0v) is 13.9. The average Bonchev–Trinajstić information content (AvgIpc) is 2.57. The van der Waals surface area contributed by atoms with Crippen molar-refractivity contribution in [2.24, 2.45) is 0 Å². The first-order valence-corrected chi connectivity index (χ1v) is 7.59. The van der Waals surface area contributed by atoms with E-state index < -0.39 is 30.1 Å². The van der Waals surface area contributed by atoms with Gasteiger partial charge in [-0.3, -0.25) is 4.79 Å². The van der Waals surface area contributed by atoms with Crippen LogP contribution in [0, 0.1) is 18.6 Å². The monoisotopic (exact) mass is 365 g/mol. The Morgan fingerprint density at radius 1 is 1.16 bits per heavy atom. The molecular formula is C18H14ClF2NO3. The summed E-state index contributed by atoms with van der Waals surface area (Å²) in [5.41, 5.74) is 1.68. The van der Waals surface area contributed by atoms with Gasteiger partial charge in [-0.25, -0.2) is 13.6 Å². The molecule has 0 unspecified atom stereocenters. The number of aryl methyl sites for hydroxylation is 1. The van der Waals surface area contributed by atoms with Gasteiger partial charge in [0.1, 0.15) is 0 Å². The molecule has 0 saturated heterocycles. The third kappa shape index (κ3) is 5.69. The summed E-state index contributed by atoms with van der Waals surface area (Å²) < 4.78 is 30.6. The van der Waals surface area contributed by atoms with Gasteiger partial charge in [0.2, 0.25) is 0 Å². The van der Waals surface area contributed by atoms with Crippen LogP contribution in [-0.2, 0) is 14.3 Å². The van der Waals surface area contributed by atoms with E-state index in [1.54, 1.807) is 12.1 Å². The second kappa shape index (κ2) is 8.39. The van der Waals surface area contributed by atoms with Crippen molar-refractivity contribution in [1.82, 2.24) is 0 Å². The summed E-state index contributed by atoms with van der Waals surface area (Å²) in [6.07, 6.45) is 2.66. The van der Waals surface area contributed by atoms with E-state index >= 15 is 0 Å². The molecular weight excluding hydrogens is 352 g/mol. The van der Waals surface area contributed by atoms with E-state index in [2.05, 4.69) is 5.32 Å². The lowest BCUT2D eigenvalue weighted by Gasteiger charge is -2.05. The number of nitrogens with one attached hydrogen (secondary N) is 1. The Bertz CT molecular complexity index is 837. The van der Waals surface area contributed by atoms with E-state index in [9.17, 15) is 18.4 Å². The maximum absolute atomic E-state index is 13.0. The smallest absolute Gasteiger partial charge is 0.331 e. The van der Waals surface area contributed by atoms with Crippen LogP contribution in [0.4, 0.5) is 14.5 Å². The van der Waals surface area contributed by atoms with Gasteiger partial charge in [0, 0.05) is 22.9 Å². The fourth-order valence-corrected chi connectivity index (χ4v) is 2.02. The second-order valence-corrected chi connectivity index (χ2v) is 5.53. The number of hydrogen-bond acceptors (Lipinski definition) is 3.